The number of nitrogens with zero attached hydrogens (tertiary/aromatic N) is 2. The zero-order valence-corrected chi connectivity index (χ0v) is 39.6. The molecule has 0 saturated carbocycles. The van der Waals surface area contributed by atoms with E-state index < -0.39 is 0 Å². The molecule has 14 rings (SSSR count). The second-order valence-electron chi connectivity index (χ2n) is 20.8. The summed E-state index contributed by atoms with van der Waals surface area (Å²) in [6.45, 7) is 4.95. The van der Waals surface area contributed by atoms with E-state index in [0.29, 0.717) is 17.8 Å². The van der Waals surface area contributed by atoms with Crippen LogP contribution in [-0.4, -0.2) is 16.3 Å². The molecule has 2 nitrogen and oxygen atoms in total. The Morgan fingerprint density at radius 2 is 1.44 bits per heavy atom. The molecule has 0 amide bonds. The maximum atomic E-state index is 5.81. The maximum Gasteiger partial charge on any atom is 0.0785 e. The van der Waals surface area contributed by atoms with E-state index in [9.17, 15) is 0 Å². The molecule has 7 aliphatic carbocycles. The van der Waals surface area contributed by atoms with Crippen molar-refractivity contribution in [1.29, 1.82) is 0 Å². The molecule has 2 heteroatoms. The third-order valence-corrected chi connectivity index (χ3v) is 16.9. The summed E-state index contributed by atoms with van der Waals surface area (Å²) in [6.07, 6.45) is 44.1. The minimum Gasteiger partial charge on any atom is -0.310 e. The molecule has 7 atom stereocenters. The highest BCUT2D eigenvalue weighted by atomic mass is 15.0. The van der Waals surface area contributed by atoms with Gasteiger partial charge in [-0.25, -0.2) is 0 Å². The van der Waals surface area contributed by atoms with Crippen LogP contribution in [0, 0.1) is 17.8 Å². The number of hydrogen-bond donors (Lipinski definition) is 0. The van der Waals surface area contributed by atoms with Crippen molar-refractivity contribution in [2.45, 2.75) is 62.3 Å². The Labute approximate surface area is 412 Å². The summed E-state index contributed by atoms with van der Waals surface area (Å²) in [5, 5.41) is 2.53. The van der Waals surface area contributed by atoms with Crippen molar-refractivity contribution < 1.29 is 0 Å². The fourth-order valence-electron chi connectivity index (χ4n) is 13.5. The minimum atomic E-state index is -0.101. The van der Waals surface area contributed by atoms with Crippen LogP contribution in [0.5, 0.6) is 0 Å². The molecule has 0 N–H and O–H groups in total. The quantitative estimate of drug-likeness (QED) is 0.153. The van der Waals surface area contributed by atoms with Crippen molar-refractivity contribution in [1.82, 2.24) is 4.57 Å². The van der Waals surface area contributed by atoms with Gasteiger partial charge in [0.15, 0.2) is 0 Å². The maximum absolute atomic E-state index is 5.81. The van der Waals surface area contributed by atoms with Crippen LogP contribution in [-0.2, 0) is 12.8 Å². The Kier molecular flexibility index (Phi) is 9.97. The Morgan fingerprint density at radius 1 is 0.629 bits per heavy atom. The van der Waals surface area contributed by atoms with E-state index in [1.165, 1.54) is 94.6 Å². The first kappa shape index (κ1) is 41.4. The van der Waals surface area contributed by atoms with Gasteiger partial charge < -0.3 is 4.57 Å². The van der Waals surface area contributed by atoms with Gasteiger partial charge in [-0.1, -0.05) is 194 Å². The molecule has 0 fully saturated rings. The molecule has 0 bridgehead atoms. The number of hydrogen-bond acceptors (Lipinski definition) is 1. The number of fused-ring (bicyclic) bond motifs is 11. The monoisotopic (exact) mass is 900 g/mol. The summed E-state index contributed by atoms with van der Waals surface area (Å²) >= 11 is 0. The van der Waals surface area contributed by atoms with Gasteiger partial charge in [-0.2, -0.15) is 0 Å². The number of aromatic nitrogens is 1. The van der Waals surface area contributed by atoms with Gasteiger partial charge in [0.2, 0.25) is 0 Å². The molecule has 8 aliphatic rings. The molecule has 0 saturated heterocycles. The Morgan fingerprint density at radius 3 is 2.36 bits per heavy atom. The average molecular weight is 901 g/mol. The highest BCUT2D eigenvalue weighted by Gasteiger charge is 2.40. The number of aliphatic imine (C=N–C) groups is 1. The molecule has 1 aromatic heterocycles. The van der Waals surface area contributed by atoms with Crippen LogP contribution in [0.1, 0.15) is 99.3 Å². The topological polar surface area (TPSA) is 17.3 Å². The van der Waals surface area contributed by atoms with Crippen LogP contribution < -0.4 is 0 Å². The van der Waals surface area contributed by atoms with E-state index in [0.717, 1.165) is 44.2 Å². The van der Waals surface area contributed by atoms with Crippen LogP contribution in [0.2, 0.25) is 0 Å². The van der Waals surface area contributed by atoms with Crippen LogP contribution >= 0.6 is 0 Å². The van der Waals surface area contributed by atoms with Gasteiger partial charge in [-0.15, -0.1) is 0 Å². The summed E-state index contributed by atoms with van der Waals surface area (Å²) in [5.41, 5.74) is 23.2. The van der Waals surface area contributed by atoms with Crippen LogP contribution in [0.3, 0.4) is 0 Å². The molecule has 70 heavy (non-hydrogen) atoms. The summed E-state index contributed by atoms with van der Waals surface area (Å²) < 4.78 is 2.57. The largest absolute Gasteiger partial charge is 0.310 e. The predicted molar refractivity (Wildman–Crippen MR) is 293 cm³/mol. The number of benzene rings is 5. The summed E-state index contributed by atoms with van der Waals surface area (Å²) in [6, 6.07) is 43.1. The van der Waals surface area contributed by atoms with Gasteiger partial charge in [0.25, 0.3) is 0 Å². The van der Waals surface area contributed by atoms with Gasteiger partial charge >= 0.3 is 0 Å². The van der Waals surface area contributed by atoms with Gasteiger partial charge in [-0.05, 0) is 140 Å². The van der Waals surface area contributed by atoms with Crippen molar-refractivity contribution in [2.24, 2.45) is 22.7 Å². The lowest BCUT2D eigenvalue weighted by Gasteiger charge is -2.40. The second kappa shape index (κ2) is 16.8. The molecular formula is C68H56N2. The van der Waals surface area contributed by atoms with Crippen molar-refractivity contribution >= 4 is 40.3 Å². The van der Waals surface area contributed by atoms with Crippen molar-refractivity contribution in [3.63, 3.8) is 0 Å². The summed E-state index contributed by atoms with van der Waals surface area (Å²) in [5.74, 6) is 1.75. The first-order chi connectivity index (χ1) is 34.6. The van der Waals surface area contributed by atoms with Crippen LogP contribution in [0.15, 0.2) is 228 Å². The molecule has 6 aromatic rings. The Balaban J connectivity index is 0.850. The Bertz CT molecular complexity index is 3540. The number of allylic oxidation sites excluding steroid dienone is 16. The zero-order valence-electron chi connectivity index (χ0n) is 39.6. The molecule has 5 aromatic carbocycles. The molecule has 0 spiro atoms. The molecule has 2 heterocycles. The molecule has 1 aliphatic heterocycles. The zero-order chi connectivity index (χ0) is 46.3. The first-order valence-electron chi connectivity index (χ1n) is 25.8. The smallest absolute Gasteiger partial charge is 0.0785 e. The van der Waals surface area contributed by atoms with E-state index in [2.05, 4.69) is 217 Å². The highest BCUT2D eigenvalue weighted by Crippen LogP contribution is 2.53. The fraction of sp³-hybridized carbons (Fsp3) is 0.191. The average Bonchev–Trinajstić information content (AvgIpc) is 3.76. The Hall–Kier alpha value is -7.55. The van der Waals surface area contributed by atoms with E-state index in [1.807, 2.05) is 0 Å². The third-order valence-electron chi connectivity index (χ3n) is 16.9. The van der Waals surface area contributed by atoms with Crippen molar-refractivity contribution in [2.75, 3.05) is 0 Å². The second-order valence-corrected chi connectivity index (χ2v) is 20.8. The lowest BCUT2D eigenvalue weighted by molar-refractivity contribution is 0.459. The van der Waals surface area contributed by atoms with E-state index in [4.69, 9.17) is 11.6 Å². The molecular weight excluding hydrogens is 845 g/mol. The van der Waals surface area contributed by atoms with Gasteiger partial charge in [0.1, 0.15) is 0 Å². The normalized spacial score (nSPS) is 27.1. The van der Waals surface area contributed by atoms with Crippen molar-refractivity contribution in [3.05, 3.63) is 279 Å². The van der Waals surface area contributed by atoms with Gasteiger partial charge in [0.05, 0.1) is 11.7 Å². The SMILES string of the molecule is C=C1C/C(c2ccc3ccccc3c2)=C\C/C(c2ccccc2)=N\C1C1C=C(C2CC3=Cc4cc(-n5c6c(c7c5C=CC5C=CC=CC75)CCC=C6)ccc4CC3c3ccccc32)C=C2C=CC=CC21. The molecule has 7 unspecified atom stereocenters. The fourth-order valence-corrected chi connectivity index (χ4v) is 13.5. The minimum absolute atomic E-state index is 0.101. The molecule has 0 radical (unpaired) electrons. The van der Waals surface area contributed by atoms with E-state index >= 15 is 0 Å². The van der Waals surface area contributed by atoms with Crippen LogP contribution in [0.25, 0.3) is 40.3 Å². The summed E-state index contributed by atoms with van der Waals surface area (Å²) in [7, 11) is 0. The van der Waals surface area contributed by atoms with E-state index in [1.54, 1.807) is 5.57 Å². The van der Waals surface area contributed by atoms with Gasteiger partial charge in [-0.3, -0.25) is 4.99 Å². The summed E-state index contributed by atoms with van der Waals surface area (Å²) in [4.78, 5) is 5.81. The van der Waals surface area contributed by atoms with E-state index in [-0.39, 0.29) is 23.8 Å². The third kappa shape index (κ3) is 6.94. The number of rotatable bonds is 5. The highest BCUT2D eigenvalue weighted by molar-refractivity contribution is 6.03. The van der Waals surface area contributed by atoms with Gasteiger partial charge in [0, 0.05) is 59.0 Å². The van der Waals surface area contributed by atoms with Crippen molar-refractivity contribution in [3.8, 4) is 5.69 Å². The molecule has 338 valence electrons. The lowest BCUT2D eigenvalue weighted by atomic mass is 9.64. The van der Waals surface area contributed by atoms with Crippen LogP contribution in [0.4, 0.5) is 0 Å². The predicted octanol–water partition coefficient (Wildman–Crippen LogP) is 16.2. The standard InChI is InChI=1S/C68H56N2/c1-43-35-48(49-28-27-44-15-5-6-19-47(44)36-49)30-33-64(46-17-3-2-4-18-46)69-68(43)63-42-53(37-51-20-8-9-21-56(51)63)62-41-54-38-52-39-55(32-29-50(52)40-61(54)58-23-11-12-24-59(58)62)70-65-26-14-13-25-60(65)67-57-22-10-7-16-45(57)31-34-66(67)70/h2-12,14-24,26-32,34,36-39,42,45,56-57,61-63,68H,1,13,25,33,35,40-41H2/b48-30+,69-64+. The lowest BCUT2D eigenvalue weighted by Crippen LogP contribution is -2.32. The first-order valence-corrected chi connectivity index (χ1v) is 25.8.